The van der Waals surface area contributed by atoms with Crippen molar-refractivity contribution in [2.24, 2.45) is 0 Å². The highest BCUT2D eigenvalue weighted by Crippen LogP contribution is 2.35. The van der Waals surface area contributed by atoms with Crippen LogP contribution < -0.4 is 0 Å². The van der Waals surface area contributed by atoms with E-state index in [1.54, 1.807) is 0 Å². The van der Waals surface area contributed by atoms with Gasteiger partial charge in [0, 0.05) is 33.0 Å². The molecular weight excluding hydrogens is 508 g/mol. The van der Waals surface area contributed by atoms with Crippen LogP contribution in [-0.4, -0.2) is 9.97 Å². The number of fused-ring (bicyclic) bond motifs is 2. The summed E-state index contributed by atoms with van der Waals surface area (Å²) in [6, 6.07) is 33.9. The Hall–Kier alpha value is -4.92. The van der Waals surface area contributed by atoms with Crippen molar-refractivity contribution in [1.82, 2.24) is 9.97 Å². The molecule has 0 aliphatic carbocycles. The molecule has 0 saturated heterocycles. The zero-order valence-corrected chi connectivity index (χ0v) is 25.2. The quantitative estimate of drug-likeness (QED) is 0.193. The lowest BCUT2D eigenvalue weighted by atomic mass is 9.85. The highest BCUT2D eigenvalue weighted by atomic mass is 14.8. The van der Waals surface area contributed by atoms with Gasteiger partial charge in [0.25, 0.3) is 0 Å². The molecule has 6 aromatic rings. The molecule has 42 heavy (non-hydrogen) atoms. The average Bonchev–Trinajstić information content (AvgIpc) is 3.59. The van der Waals surface area contributed by atoms with Crippen LogP contribution in [0.3, 0.4) is 0 Å². The van der Waals surface area contributed by atoms with Gasteiger partial charge in [0.2, 0.25) is 0 Å². The Morgan fingerprint density at radius 1 is 0.452 bits per heavy atom. The summed E-state index contributed by atoms with van der Waals surface area (Å²) < 4.78 is 0. The molecule has 0 amide bonds. The Kier molecular flexibility index (Phi) is 6.80. The number of aromatic nitrogens is 2. The molecule has 0 spiro atoms. The molecule has 0 bridgehead atoms. The van der Waals surface area contributed by atoms with Crippen LogP contribution in [0.25, 0.3) is 33.2 Å². The SMILES string of the molecule is CC(C)(C)c1cc(C#Cc2ccccc2)c2[nH]c(-c3cc4cc(C(C)(C)C)cc(C#Cc5ccccc5)c4[nH]3)cc2c1. The summed E-state index contributed by atoms with van der Waals surface area (Å²) in [5.74, 6) is 13.7. The fourth-order valence-electron chi connectivity index (χ4n) is 5.16. The molecule has 2 nitrogen and oxygen atoms in total. The Morgan fingerprint density at radius 3 is 1.19 bits per heavy atom. The molecule has 0 fully saturated rings. The van der Waals surface area contributed by atoms with E-state index in [9.17, 15) is 0 Å². The summed E-state index contributed by atoms with van der Waals surface area (Å²) >= 11 is 0. The smallest absolute Gasteiger partial charge is 0.0631 e. The van der Waals surface area contributed by atoms with Crippen molar-refractivity contribution in [3.63, 3.8) is 0 Å². The molecule has 6 rings (SSSR count). The van der Waals surface area contributed by atoms with Gasteiger partial charge in [0.1, 0.15) is 0 Å². The third kappa shape index (κ3) is 5.63. The normalized spacial score (nSPS) is 11.7. The fourth-order valence-corrected chi connectivity index (χ4v) is 5.16. The van der Waals surface area contributed by atoms with Crippen molar-refractivity contribution in [3.05, 3.63) is 130 Å². The second-order valence-electron chi connectivity index (χ2n) is 13.1. The molecular formula is C40H36N2. The van der Waals surface area contributed by atoms with Crippen LogP contribution in [0.5, 0.6) is 0 Å². The first-order valence-corrected chi connectivity index (χ1v) is 14.5. The third-order valence-electron chi connectivity index (χ3n) is 7.71. The predicted molar refractivity (Wildman–Crippen MR) is 178 cm³/mol. The zero-order valence-electron chi connectivity index (χ0n) is 25.2. The minimum absolute atomic E-state index is 0.00555. The van der Waals surface area contributed by atoms with E-state index in [0.717, 1.165) is 55.4 Å². The Bertz CT molecular complexity index is 1880. The number of rotatable bonds is 1. The maximum atomic E-state index is 3.71. The van der Waals surface area contributed by atoms with Gasteiger partial charge in [-0.15, -0.1) is 0 Å². The van der Waals surface area contributed by atoms with Gasteiger partial charge in [-0.2, -0.15) is 0 Å². The summed E-state index contributed by atoms with van der Waals surface area (Å²) in [4.78, 5) is 7.42. The Balaban J connectivity index is 1.51. The van der Waals surface area contributed by atoms with Gasteiger partial charge in [-0.05, 0) is 82.6 Å². The lowest BCUT2D eigenvalue weighted by Crippen LogP contribution is -2.11. The minimum atomic E-state index is 0.00555. The van der Waals surface area contributed by atoms with Crippen LogP contribution in [0.1, 0.15) is 74.9 Å². The van der Waals surface area contributed by atoms with Crippen LogP contribution >= 0.6 is 0 Å². The molecule has 2 N–H and O–H groups in total. The molecule has 0 saturated carbocycles. The molecule has 4 aromatic carbocycles. The van der Waals surface area contributed by atoms with Crippen molar-refractivity contribution in [2.75, 3.05) is 0 Å². The Morgan fingerprint density at radius 2 is 0.833 bits per heavy atom. The van der Waals surface area contributed by atoms with E-state index in [1.807, 2.05) is 60.7 Å². The van der Waals surface area contributed by atoms with Crippen molar-refractivity contribution in [2.45, 2.75) is 52.4 Å². The van der Waals surface area contributed by atoms with Crippen molar-refractivity contribution < 1.29 is 0 Å². The maximum Gasteiger partial charge on any atom is 0.0631 e. The Labute approximate surface area is 249 Å². The summed E-state index contributed by atoms with van der Waals surface area (Å²) in [6.07, 6.45) is 0. The van der Waals surface area contributed by atoms with E-state index in [1.165, 1.54) is 11.1 Å². The topological polar surface area (TPSA) is 31.6 Å². The van der Waals surface area contributed by atoms with E-state index in [2.05, 4.69) is 112 Å². The first-order chi connectivity index (χ1) is 20.0. The second kappa shape index (κ2) is 10.5. The van der Waals surface area contributed by atoms with E-state index in [4.69, 9.17) is 0 Å². The lowest BCUT2D eigenvalue weighted by molar-refractivity contribution is 0.590. The number of hydrogen-bond donors (Lipinski definition) is 2. The third-order valence-corrected chi connectivity index (χ3v) is 7.71. The predicted octanol–water partition coefficient (Wildman–Crippen LogP) is 9.71. The van der Waals surface area contributed by atoms with Gasteiger partial charge in [-0.25, -0.2) is 0 Å². The largest absolute Gasteiger partial charge is 0.352 e. The maximum absolute atomic E-state index is 3.71. The summed E-state index contributed by atoms with van der Waals surface area (Å²) in [5.41, 5.74) is 10.8. The first-order valence-electron chi connectivity index (χ1n) is 14.5. The minimum Gasteiger partial charge on any atom is -0.352 e. The molecule has 0 radical (unpaired) electrons. The van der Waals surface area contributed by atoms with Gasteiger partial charge in [0.15, 0.2) is 0 Å². The summed E-state index contributed by atoms with van der Waals surface area (Å²) in [7, 11) is 0. The van der Waals surface area contributed by atoms with Crippen LogP contribution in [0.4, 0.5) is 0 Å². The standard InChI is InChI=1S/C40H36N2/c1-39(2,3)33-21-29(19-17-27-13-9-7-10-14-27)37-31(23-33)25-35(41-37)36-26-32-24-34(40(4,5)6)22-30(38(32)42-36)20-18-28-15-11-8-12-16-28/h7-16,21-26,41-42H,1-6H3. The molecule has 0 aliphatic rings. The molecule has 0 atom stereocenters. The van der Waals surface area contributed by atoms with Gasteiger partial charge >= 0.3 is 0 Å². The molecule has 0 aliphatic heterocycles. The van der Waals surface area contributed by atoms with E-state index in [0.29, 0.717) is 0 Å². The van der Waals surface area contributed by atoms with E-state index in [-0.39, 0.29) is 10.8 Å². The summed E-state index contributed by atoms with van der Waals surface area (Å²) in [6.45, 7) is 13.5. The number of benzene rings is 4. The van der Waals surface area contributed by atoms with Crippen LogP contribution in [0.15, 0.2) is 97.1 Å². The van der Waals surface area contributed by atoms with Gasteiger partial charge in [-0.3, -0.25) is 0 Å². The monoisotopic (exact) mass is 544 g/mol. The van der Waals surface area contributed by atoms with Gasteiger partial charge < -0.3 is 9.97 Å². The van der Waals surface area contributed by atoms with Gasteiger partial charge in [0.05, 0.1) is 22.4 Å². The first kappa shape index (κ1) is 27.3. The molecule has 0 unspecified atom stereocenters. The summed E-state index contributed by atoms with van der Waals surface area (Å²) in [5, 5.41) is 2.32. The molecule has 206 valence electrons. The molecule has 2 aromatic heterocycles. The number of nitrogens with one attached hydrogen (secondary N) is 2. The average molecular weight is 545 g/mol. The molecule has 2 heteroatoms. The number of hydrogen-bond acceptors (Lipinski definition) is 0. The van der Waals surface area contributed by atoms with Crippen molar-refractivity contribution in [1.29, 1.82) is 0 Å². The van der Waals surface area contributed by atoms with E-state index < -0.39 is 0 Å². The second-order valence-corrected chi connectivity index (χ2v) is 13.1. The molecule has 2 heterocycles. The van der Waals surface area contributed by atoms with Crippen LogP contribution in [0, 0.1) is 23.7 Å². The fraction of sp³-hybridized carbons (Fsp3) is 0.200. The van der Waals surface area contributed by atoms with Crippen molar-refractivity contribution in [3.8, 4) is 35.1 Å². The van der Waals surface area contributed by atoms with Crippen LogP contribution in [0.2, 0.25) is 0 Å². The van der Waals surface area contributed by atoms with Gasteiger partial charge in [-0.1, -0.05) is 102 Å². The van der Waals surface area contributed by atoms with Crippen molar-refractivity contribution >= 4 is 21.8 Å². The zero-order chi connectivity index (χ0) is 29.5. The number of H-pyrrole nitrogens is 2. The highest BCUT2D eigenvalue weighted by molar-refractivity contribution is 5.95. The highest BCUT2D eigenvalue weighted by Gasteiger charge is 2.20. The van der Waals surface area contributed by atoms with E-state index >= 15 is 0 Å². The lowest BCUT2D eigenvalue weighted by Gasteiger charge is -2.19. The number of aromatic amines is 2. The van der Waals surface area contributed by atoms with Crippen LogP contribution in [-0.2, 0) is 10.8 Å².